The summed E-state index contributed by atoms with van der Waals surface area (Å²) in [5.41, 5.74) is -0.316. The van der Waals surface area contributed by atoms with Crippen LogP contribution in [-0.4, -0.2) is 92.4 Å². The summed E-state index contributed by atoms with van der Waals surface area (Å²) < 4.78 is 46.8. The zero-order valence-electron chi connectivity index (χ0n) is 25.2. The van der Waals surface area contributed by atoms with Gasteiger partial charge in [0.25, 0.3) is 0 Å². The number of hydrogen-bond donors (Lipinski definition) is 2. The van der Waals surface area contributed by atoms with Crippen molar-refractivity contribution in [3.63, 3.8) is 0 Å². The van der Waals surface area contributed by atoms with Crippen LogP contribution in [0.2, 0.25) is 0 Å². The Morgan fingerprint density at radius 2 is 1.81 bits per heavy atom. The van der Waals surface area contributed by atoms with Gasteiger partial charge >= 0.3 is 12.1 Å². The fraction of sp³-hybridized carbons (Fsp3) is 0.548. The van der Waals surface area contributed by atoms with Crippen molar-refractivity contribution in [3.8, 4) is 5.75 Å². The number of piperidine rings is 1. The van der Waals surface area contributed by atoms with E-state index in [-0.39, 0.29) is 36.0 Å². The number of rotatable bonds is 10. The summed E-state index contributed by atoms with van der Waals surface area (Å²) in [6.07, 6.45) is 1.26. The average Bonchev–Trinajstić information content (AvgIpc) is 3.34. The van der Waals surface area contributed by atoms with Crippen LogP contribution in [0.3, 0.4) is 0 Å². The molecule has 2 saturated heterocycles. The zero-order valence-corrected chi connectivity index (χ0v) is 26.0. The fourth-order valence-corrected chi connectivity index (χ4v) is 5.89. The van der Waals surface area contributed by atoms with E-state index in [9.17, 15) is 23.1 Å². The van der Waals surface area contributed by atoms with Crippen molar-refractivity contribution in [3.05, 3.63) is 60.2 Å². The summed E-state index contributed by atoms with van der Waals surface area (Å²) in [4.78, 5) is 27.5. The highest BCUT2D eigenvalue weighted by atomic mass is 32.2. The van der Waals surface area contributed by atoms with Gasteiger partial charge in [0.15, 0.2) is 9.84 Å². The summed E-state index contributed by atoms with van der Waals surface area (Å²) >= 11 is 0. The lowest BCUT2D eigenvalue weighted by molar-refractivity contribution is -0.161. The number of nitrogens with one attached hydrogen (secondary N) is 1. The molecule has 2 aliphatic rings. The lowest BCUT2D eigenvalue weighted by atomic mass is 9.87. The number of carbonyl (C=O) groups excluding carboxylic acids is 2. The number of sulfone groups is 1. The van der Waals surface area contributed by atoms with Crippen LogP contribution in [0.15, 0.2) is 59.5 Å². The normalized spacial score (nSPS) is 19.9. The number of aliphatic hydroxyl groups excluding tert-OH is 1. The highest BCUT2D eigenvalue weighted by Gasteiger charge is 2.45. The molecule has 0 aliphatic carbocycles. The number of esters is 1. The van der Waals surface area contributed by atoms with Gasteiger partial charge in [-0.2, -0.15) is 0 Å². The second kappa shape index (κ2) is 13.6. The smallest absolute Gasteiger partial charge is 0.410 e. The third-order valence-corrected chi connectivity index (χ3v) is 8.57. The molecular formula is C31H42N2O9S. The number of amides is 1. The summed E-state index contributed by atoms with van der Waals surface area (Å²) in [5, 5.41) is 14.3. The second-order valence-corrected chi connectivity index (χ2v) is 14.2. The predicted molar refractivity (Wildman–Crippen MR) is 158 cm³/mol. The Kier molecular flexibility index (Phi) is 10.4. The number of nitrogens with zero attached hydrogens (tertiary/aromatic N) is 1. The van der Waals surface area contributed by atoms with Gasteiger partial charge in [0.05, 0.1) is 17.1 Å². The SMILES string of the molecule is CC(C)(C)OC(=O)[C@@H](N[C@@H]1COC2(CCN(C(=O)OCc3ccccc3)CC2)C1)[C@@H](O)COc1cccc(S(C)(=O)=O)c1. The van der Waals surface area contributed by atoms with Crippen LogP contribution in [0.5, 0.6) is 5.75 Å². The third kappa shape index (κ3) is 9.40. The van der Waals surface area contributed by atoms with E-state index in [1.165, 1.54) is 12.1 Å². The van der Waals surface area contributed by atoms with E-state index in [1.54, 1.807) is 37.8 Å². The molecule has 0 aromatic heterocycles. The Labute approximate surface area is 253 Å². The van der Waals surface area contributed by atoms with Crippen LogP contribution < -0.4 is 10.1 Å². The van der Waals surface area contributed by atoms with Crippen molar-refractivity contribution >= 4 is 21.9 Å². The second-order valence-electron chi connectivity index (χ2n) is 12.2. The first-order valence-corrected chi connectivity index (χ1v) is 16.3. The first kappa shape index (κ1) is 32.7. The average molecular weight is 619 g/mol. The summed E-state index contributed by atoms with van der Waals surface area (Å²) in [6.45, 7) is 6.46. The van der Waals surface area contributed by atoms with Crippen LogP contribution in [0.4, 0.5) is 4.79 Å². The number of benzene rings is 2. The Balaban J connectivity index is 1.33. The van der Waals surface area contributed by atoms with Gasteiger partial charge in [0.1, 0.15) is 36.7 Å². The van der Waals surface area contributed by atoms with Gasteiger partial charge in [-0.05, 0) is 63.8 Å². The molecule has 1 amide bonds. The minimum Gasteiger partial charge on any atom is -0.491 e. The van der Waals surface area contributed by atoms with E-state index >= 15 is 0 Å². The maximum absolute atomic E-state index is 13.2. The van der Waals surface area contributed by atoms with Crippen LogP contribution in [0.25, 0.3) is 0 Å². The molecule has 12 heteroatoms. The summed E-state index contributed by atoms with van der Waals surface area (Å²) in [5.74, 6) is -0.382. The third-order valence-electron chi connectivity index (χ3n) is 7.46. The highest BCUT2D eigenvalue weighted by molar-refractivity contribution is 7.90. The first-order chi connectivity index (χ1) is 20.2. The van der Waals surface area contributed by atoms with E-state index in [0.717, 1.165) is 11.8 Å². The molecule has 236 valence electrons. The minimum absolute atomic E-state index is 0.0882. The molecule has 4 rings (SSSR count). The van der Waals surface area contributed by atoms with Crippen LogP contribution in [0.1, 0.15) is 45.6 Å². The topological polar surface area (TPSA) is 141 Å². The van der Waals surface area contributed by atoms with Gasteiger partial charge in [0.2, 0.25) is 0 Å². The maximum Gasteiger partial charge on any atom is 0.410 e. The summed E-state index contributed by atoms with van der Waals surface area (Å²) in [6, 6.07) is 14.1. The molecule has 1 spiro atoms. The monoisotopic (exact) mass is 618 g/mol. The molecule has 43 heavy (non-hydrogen) atoms. The molecule has 2 aromatic carbocycles. The Morgan fingerprint density at radius 3 is 2.47 bits per heavy atom. The van der Waals surface area contributed by atoms with Gasteiger partial charge < -0.3 is 29.0 Å². The van der Waals surface area contributed by atoms with Gasteiger partial charge in [-0.25, -0.2) is 13.2 Å². The van der Waals surface area contributed by atoms with E-state index in [0.29, 0.717) is 39.0 Å². The van der Waals surface area contributed by atoms with Crippen molar-refractivity contribution in [1.82, 2.24) is 10.2 Å². The number of hydrogen-bond acceptors (Lipinski definition) is 10. The lowest BCUT2D eigenvalue weighted by Crippen LogP contribution is -2.54. The molecular weight excluding hydrogens is 576 g/mol. The van der Waals surface area contributed by atoms with Crippen LogP contribution in [0, 0.1) is 0 Å². The van der Waals surface area contributed by atoms with Crippen molar-refractivity contribution < 1.29 is 42.1 Å². The largest absolute Gasteiger partial charge is 0.491 e. The molecule has 2 fully saturated rings. The molecule has 0 saturated carbocycles. The molecule has 2 heterocycles. The molecule has 2 N–H and O–H groups in total. The van der Waals surface area contributed by atoms with Gasteiger partial charge in [-0.1, -0.05) is 36.4 Å². The molecule has 2 aliphatic heterocycles. The lowest BCUT2D eigenvalue weighted by Gasteiger charge is -2.38. The number of ether oxygens (including phenoxy) is 4. The number of aliphatic hydroxyl groups is 1. The predicted octanol–water partition coefficient (Wildman–Crippen LogP) is 3.09. The molecule has 0 unspecified atom stereocenters. The van der Waals surface area contributed by atoms with Gasteiger partial charge in [-0.3, -0.25) is 10.1 Å². The first-order valence-electron chi connectivity index (χ1n) is 14.4. The molecule has 0 radical (unpaired) electrons. The van der Waals surface area contributed by atoms with Crippen molar-refractivity contribution in [2.24, 2.45) is 0 Å². The number of likely N-dealkylation sites (tertiary alicyclic amines) is 1. The standard InChI is InChI=1S/C31H42N2O9S/c1-30(2,3)42-28(35)27(26(34)21-39-24-11-8-12-25(17-24)43(4,37)38)32-23-18-31(41-20-23)13-15-33(16-14-31)29(36)40-19-22-9-6-5-7-10-22/h5-12,17,23,26-27,32,34H,13-16,18-21H2,1-4H3/t23-,26-,27-/m0/s1. The Morgan fingerprint density at radius 1 is 1.12 bits per heavy atom. The summed E-state index contributed by atoms with van der Waals surface area (Å²) in [7, 11) is -3.44. The van der Waals surface area contributed by atoms with E-state index < -0.39 is 39.2 Å². The van der Waals surface area contributed by atoms with Crippen LogP contribution in [-0.2, 0) is 35.4 Å². The van der Waals surface area contributed by atoms with E-state index in [1.807, 2.05) is 30.3 Å². The van der Waals surface area contributed by atoms with Crippen molar-refractivity contribution in [1.29, 1.82) is 0 Å². The van der Waals surface area contributed by atoms with Gasteiger partial charge in [0, 0.05) is 25.4 Å². The Hall–Kier alpha value is -3.19. The zero-order chi connectivity index (χ0) is 31.3. The van der Waals surface area contributed by atoms with E-state index in [2.05, 4.69) is 5.32 Å². The molecule has 11 nitrogen and oxygen atoms in total. The van der Waals surface area contributed by atoms with Crippen molar-refractivity contribution in [2.75, 3.05) is 32.6 Å². The fourth-order valence-electron chi connectivity index (χ4n) is 5.24. The number of carbonyl (C=O) groups is 2. The molecule has 3 atom stereocenters. The molecule has 0 bridgehead atoms. The van der Waals surface area contributed by atoms with Crippen LogP contribution >= 0.6 is 0 Å². The van der Waals surface area contributed by atoms with Gasteiger partial charge in [-0.15, -0.1) is 0 Å². The van der Waals surface area contributed by atoms with Crippen molar-refractivity contribution in [2.45, 2.75) is 80.9 Å². The highest BCUT2D eigenvalue weighted by Crippen LogP contribution is 2.36. The Bertz CT molecular complexity index is 1350. The minimum atomic E-state index is -3.44. The quantitative estimate of drug-likeness (QED) is 0.382. The van der Waals surface area contributed by atoms with E-state index in [4.69, 9.17) is 18.9 Å². The molecule has 2 aromatic rings. The maximum atomic E-state index is 13.2.